The molecule has 3 rings (SSSR count). The van der Waals surface area contributed by atoms with Crippen molar-refractivity contribution in [1.29, 1.82) is 0 Å². The Morgan fingerprint density at radius 1 is 1.04 bits per heavy atom. The molecule has 25 heavy (non-hydrogen) atoms. The maximum absolute atomic E-state index is 13.7. The third-order valence-electron chi connectivity index (χ3n) is 4.33. The lowest BCUT2D eigenvalue weighted by atomic mass is 10.1. The first-order valence-electron chi connectivity index (χ1n) is 8.30. The molecule has 0 aliphatic carbocycles. The van der Waals surface area contributed by atoms with Crippen LogP contribution in [0.1, 0.15) is 15.9 Å². The highest BCUT2D eigenvalue weighted by atomic mass is 35.5. The van der Waals surface area contributed by atoms with E-state index in [1.54, 1.807) is 36.4 Å². The predicted molar refractivity (Wildman–Crippen MR) is 98.2 cm³/mol. The fourth-order valence-corrected chi connectivity index (χ4v) is 3.09. The number of hydrogen-bond donors (Lipinski definition) is 0. The molecule has 0 radical (unpaired) electrons. The molecule has 1 fully saturated rings. The number of benzene rings is 2. The van der Waals surface area contributed by atoms with Crippen LogP contribution in [0.3, 0.4) is 0 Å². The summed E-state index contributed by atoms with van der Waals surface area (Å²) >= 11 is 6.04. The van der Waals surface area contributed by atoms with Crippen molar-refractivity contribution in [2.45, 2.75) is 6.54 Å². The maximum atomic E-state index is 13.7. The van der Waals surface area contributed by atoms with Gasteiger partial charge >= 0.3 is 0 Å². The average Bonchev–Trinajstić information content (AvgIpc) is 2.63. The van der Waals surface area contributed by atoms with Gasteiger partial charge < -0.3 is 4.90 Å². The molecule has 2 aromatic rings. The van der Waals surface area contributed by atoms with E-state index in [0.29, 0.717) is 17.1 Å². The standard InChI is InChI=1S/C20H20ClFN2O/c21-18-7-3-2-6-17(18)20(25)9-10-23-11-13-24(14-12-23)15-16-5-1-4-8-19(16)22/h1-10H,11-15H2/b10-9+. The predicted octanol–water partition coefficient (Wildman–Crippen LogP) is 3.99. The Morgan fingerprint density at radius 2 is 1.72 bits per heavy atom. The molecule has 130 valence electrons. The minimum atomic E-state index is -0.157. The molecule has 0 saturated carbocycles. The summed E-state index contributed by atoms with van der Waals surface area (Å²) in [5, 5.41) is 0.465. The number of rotatable bonds is 5. The first kappa shape index (κ1) is 17.6. The molecule has 0 spiro atoms. The van der Waals surface area contributed by atoms with Gasteiger partial charge in [-0.2, -0.15) is 0 Å². The van der Waals surface area contributed by atoms with Crippen molar-refractivity contribution >= 4 is 17.4 Å². The van der Waals surface area contributed by atoms with E-state index in [1.165, 1.54) is 6.07 Å². The second-order valence-corrected chi connectivity index (χ2v) is 6.47. The van der Waals surface area contributed by atoms with Gasteiger partial charge in [0.25, 0.3) is 0 Å². The van der Waals surface area contributed by atoms with Gasteiger partial charge in [-0.3, -0.25) is 9.69 Å². The van der Waals surface area contributed by atoms with Gasteiger partial charge in [0.2, 0.25) is 0 Å². The van der Waals surface area contributed by atoms with E-state index in [2.05, 4.69) is 9.80 Å². The quantitative estimate of drug-likeness (QED) is 0.596. The van der Waals surface area contributed by atoms with Gasteiger partial charge in [-0.1, -0.05) is 41.9 Å². The van der Waals surface area contributed by atoms with Crippen molar-refractivity contribution in [1.82, 2.24) is 9.80 Å². The van der Waals surface area contributed by atoms with E-state index in [1.807, 2.05) is 18.3 Å². The van der Waals surface area contributed by atoms with Gasteiger partial charge in [0, 0.05) is 56.1 Å². The van der Waals surface area contributed by atoms with Gasteiger partial charge in [0.05, 0.1) is 5.02 Å². The van der Waals surface area contributed by atoms with Gasteiger partial charge in [-0.15, -0.1) is 0 Å². The van der Waals surface area contributed by atoms with Crippen molar-refractivity contribution in [2.75, 3.05) is 26.2 Å². The van der Waals surface area contributed by atoms with Crippen molar-refractivity contribution in [2.24, 2.45) is 0 Å². The van der Waals surface area contributed by atoms with E-state index in [-0.39, 0.29) is 11.6 Å². The normalized spacial score (nSPS) is 15.7. The Kier molecular flexibility index (Phi) is 5.84. The largest absolute Gasteiger partial charge is 0.375 e. The first-order valence-corrected chi connectivity index (χ1v) is 8.68. The molecule has 5 heteroatoms. The number of nitrogens with zero attached hydrogens (tertiary/aromatic N) is 2. The third kappa shape index (κ3) is 4.68. The lowest BCUT2D eigenvalue weighted by Crippen LogP contribution is -2.43. The molecule has 0 bridgehead atoms. The van der Waals surface area contributed by atoms with E-state index >= 15 is 0 Å². The highest BCUT2D eigenvalue weighted by molar-refractivity contribution is 6.34. The number of allylic oxidation sites excluding steroid dienone is 1. The molecule has 1 aliphatic heterocycles. The molecule has 3 nitrogen and oxygen atoms in total. The van der Waals surface area contributed by atoms with E-state index < -0.39 is 0 Å². The van der Waals surface area contributed by atoms with Crippen LogP contribution in [0, 0.1) is 5.82 Å². The first-order chi connectivity index (χ1) is 12.1. The summed E-state index contributed by atoms with van der Waals surface area (Å²) in [6, 6.07) is 13.9. The summed E-state index contributed by atoms with van der Waals surface area (Å²) in [4.78, 5) is 16.5. The zero-order valence-electron chi connectivity index (χ0n) is 13.9. The molecule has 0 atom stereocenters. The van der Waals surface area contributed by atoms with E-state index in [0.717, 1.165) is 31.7 Å². The van der Waals surface area contributed by atoms with E-state index in [4.69, 9.17) is 11.6 Å². The van der Waals surface area contributed by atoms with Crippen LogP contribution < -0.4 is 0 Å². The van der Waals surface area contributed by atoms with Crippen molar-refractivity contribution in [3.05, 3.63) is 82.8 Å². The summed E-state index contributed by atoms with van der Waals surface area (Å²) in [5.41, 5.74) is 1.24. The Labute approximate surface area is 152 Å². The Hall–Kier alpha value is -2.17. The minimum absolute atomic E-state index is 0.0978. The molecule has 0 amide bonds. The molecule has 1 aliphatic rings. The number of ketones is 1. The molecule has 2 aromatic carbocycles. The molecule has 0 aromatic heterocycles. The monoisotopic (exact) mass is 358 g/mol. The molecular formula is C20H20ClFN2O. The zero-order chi connectivity index (χ0) is 17.6. The fraction of sp³-hybridized carbons (Fsp3) is 0.250. The number of halogens is 2. The van der Waals surface area contributed by atoms with Crippen LogP contribution >= 0.6 is 11.6 Å². The van der Waals surface area contributed by atoms with Crippen LogP contribution in [0.4, 0.5) is 4.39 Å². The molecule has 0 N–H and O–H groups in total. The molecule has 0 unspecified atom stereocenters. The number of carbonyl (C=O) groups is 1. The minimum Gasteiger partial charge on any atom is -0.375 e. The summed E-state index contributed by atoms with van der Waals surface area (Å²) in [6.45, 7) is 3.89. The highest BCUT2D eigenvalue weighted by Gasteiger charge is 2.16. The van der Waals surface area contributed by atoms with Crippen molar-refractivity contribution in [3.8, 4) is 0 Å². The SMILES string of the molecule is O=C(/C=C/N1CCN(Cc2ccccc2F)CC1)c1ccccc1Cl. The summed E-state index contributed by atoms with van der Waals surface area (Å²) in [5.74, 6) is -0.255. The van der Waals surface area contributed by atoms with E-state index in [9.17, 15) is 9.18 Å². The van der Waals surface area contributed by atoms with Gasteiger partial charge in [0.1, 0.15) is 5.82 Å². The Bertz CT molecular complexity index is 770. The lowest BCUT2D eigenvalue weighted by molar-refractivity contribution is 0.104. The van der Waals surface area contributed by atoms with Crippen molar-refractivity contribution in [3.63, 3.8) is 0 Å². The van der Waals surface area contributed by atoms with Crippen LogP contribution in [0.5, 0.6) is 0 Å². The van der Waals surface area contributed by atoms with Crippen LogP contribution in [-0.2, 0) is 6.54 Å². The van der Waals surface area contributed by atoms with Crippen LogP contribution in [-0.4, -0.2) is 41.8 Å². The van der Waals surface area contributed by atoms with Gasteiger partial charge in [-0.25, -0.2) is 4.39 Å². The van der Waals surface area contributed by atoms with Crippen LogP contribution in [0.25, 0.3) is 0 Å². The maximum Gasteiger partial charge on any atom is 0.188 e. The Balaban J connectivity index is 1.52. The number of carbonyl (C=O) groups excluding carboxylic acids is 1. The van der Waals surface area contributed by atoms with Crippen molar-refractivity contribution < 1.29 is 9.18 Å². The van der Waals surface area contributed by atoms with Crippen LogP contribution in [0.2, 0.25) is 5.02 Å². The Morgan fingerprint density at radius 3 is 2.44 bits per heavy atom. The topological polar surface area (TPSA) is 23.6 Å². The average molecular weight is 359 g/mol. The molecule has 1 heterocycles. The second-order valence-electron chi connectivity index (χ2n) is 6.06. The smallest absolute Gasteiger partial charge is 0.188 e. The zero-order valence-corrected chi connectivity index (χ0v) is 14.6. The van der Waals surface area contributed by atoms with Crippen LogP contribution in [0.15, 0.2) is 60.8 Å². The molecule has 1 saturated heterocycles. The number of hydrogen-bond acceptors (Lipinski definition) is 3. The summed E-state index contributed by atoms with van der Waals surface area (Å²) in [6.07, 6.45) is 3.39. The summed E-state index contributed by atoms with van der Waals surface area (Å²) in [7, 11) is 0. The lowest BCUT2D eigenvalue weighted by Gasteiger charge is -2.34. The molecular weight excluding hydrogens is 339 g/mol. The number of piperazine rings is 1. The second kappa shape index (κ2) is 8.28. The van der Waals surface area contributed by atoms with Gasteiger partial charge in [-0.05, 0) is 18.2 Å². The summed E-state index contributed by atoms with van der Waals surface area (Å²) < 4.78 is 13.7. The highest BCUT2D eigenvalue weighted by Crippen LogP contribution is 2.16. The fourth-order valence-electron chi connectivity index (χ4n) is 2.86. The van der Waals surface area contributed by atoms with Gasteiger partial charge in [0.15, 0.2) is 5.78 Å². The third-order valence-corrected chi connectivity index (χ3v) is 4.66.